The van der Waals surface area contributed by atoms with Gasteiger partial charge in [-0.25, -0.2) is 14.6 Å². The Morgan fingerprint density at radius 1 is 1.24 bits per heavy atom. The van der Waals surface area contributed by atoms with Crippen LogP contribution in [-0.2, 0) is 29.0 Å². The molecule has 0 atom stereocenters. The van der Waals surface area contributed by atoms with Gasteiger partial charge in [0.15, 0.2) is 0 Å². The van der Waals surface area contributed by atoms with Crippen LogP contribution in [0.1, 0.15) is 17.1 Å². The number of methoxy groups -OCH3 is 1. The zero-order chi connectivity index (χ0) is 17.5. The van der Waals surface area contributed by atoms with Gasteiger partial charge in [-0.15, -0.1) is 5.10 Å². The average Bonchev–Trinajstić information content (AvgIpc) is 3.08. The lowest BCUT2D eigenvalue weighted by molar-refractivity contribution is -0.141. The van der Waals surface area contributed by atoms with Crippen molar-refractivity contribution in [3.8, 4) is 0 Å². The first kappa shape index (κ1) is 16.6. The van der Waals surface area contributed by atoms with Gasteiger partial charge in [0.05, 0.1) is 19.9 Å². The van der Waals surface area contributed by atoms with E-state index >= 15 is 0 Å². The fourth-order valence-electron chi connectivity index (χ4n) is 2.24. The van der Waals surface area contributed by atoms with Crippen molar-refractivity contribution in [2.45, 2.75) is 19.5 Å². The lowest BCUT2D eigenvalue weighted by Gasteiger charge is -2.05. The molecule has 0 unspecified atom stereocenters. The molecular weight excluding hydrogens is 320 g/mol. The molecule has 128 valence electrons. The standard InChI is InChI=1S/C17H18N6O2/c1-25-17(24)12-23-11-14(21-22-23)10-19-15-7-8-18-16(20-15)9-13-5-3-2-4-6-13/h2-8,11H,9-10,12H2,1H3,(H,18,19,20). The van der Waals surface area contributed by atoms with Crippen LogP contribution in [-0.4, -0.2) is 38.0 Å². The van der Waals surface area contributed by atoms with Crippen LogP contribution >= 0.6 is 0 Å². The first-order valence-corrected chi connectivity index (χ1v) is 7.78. The van der Waals surface area contributed by atoms with Crippen molar-refractivity contribution < 1.29 is 9.53 Å². The Labute approximate surface area is 144 Å². The van der Waals surface area contributed by atoms with E-state index in [1.165, 1.54) is 11.8 Å². The second-order valence-electron chi connectivity index (χ2n) is 5.36. The molecular formula is C17H18N6O2. The molecule has 0 spiro atoms. The van der Waals surface area contributed by atoms with E-state index < -0.39 is 0 Å². The van der Waals surface area contributed by atoms with Crippen LogP contribution in [0.5, 0.6) is 0 Å². The summed E-state index contributed by atoms with van der Waals surface area (Å²) in [6.07, 6.45) is 4.09. The quantitative estimate of drug-likeness (QED) is 0.651. The van der Waals surface area contributed by atoms with Gasteiger partial charge in [0.25, 0.3) is 0 Å². The number of hydrogen-bond acceptors (Lipinski definition) is 7. The second kappa shape index (κ2) is 8.00. The maximum absolute atomic E-state index is 11.2. The molecule has 3 aromatic rings. The molecule has 0 aliphatic rings. The van der Waals surface area contributed by atoms with Crippen LogP contribution in [0, 0.1) is 0 Å². The number of nitrogens with zero attached hydrogens (tertiary/aromatic N) is 5. The van der Waals surface area contributed by atoms with Crippen molar-refractivity contribution in [3.05, 3.63) is 65.9 Å². The van der Waals surface area contributed by atoms with Crippen molar-refractivity contribution in [2.24, 2.45) is 0 Å². The molecule has 0 aliphatic heterocycles. The molecule has 8 nitrogen and oxygen atoms in total. The molecule has 0 bridgehead atoms. The SMILES string of the molecule is COC(=O)Cn1cc(CNc2ccnc(Cc3ccccc3)n2)nn1. The smallest absolute Gasteiger partial charge is 0.327 e. The summed E-state index contributed by atoms with van der Waals surface area (Å²) in [6, 6.07) is 11.9. The van der Waals surface area contributed by atoms with Crippen molar-refractivity contribution in [3.63, 3.8) is 0 Å². The molecule has 8 heteroatoms. The number of aromatic nitrogens is 5. The van der Waals surface area contributed by atoms with Crippen LogP contribution in [0.3, 0.4) is 0 Å². The minimum absolute atomic E-state index is 0.0399. The summed E-state index contributed by atoms with van der Waals surface area (Å²) in [4.78, 5) is 20.0. The number of rotatable bonds is 7. The number of nitrogens with one attached hydrogen (secondary N) is 1. The molecule has 2 heterocycles. The molecule has 0 aliphatic carbocycles. The van der Waals surface area contributed by atoms with Gasteiger partial charge in [-0.3, -0.25) is 4.79 Å². The Morgan fingerprint density at radius 2 is 2.08 bits per heavy atom. The highest BCUT2D eigenvalue weighted by Gasteiger charge is 2.06. The highest BCUT2D eigenvalue weighted by molar-refractivity contribution is 5.68. The molecule has 2 aromatic heterocycles. The first-order chi connectivity index (χ1) is 12.2. The summed E-state index contributed by atoms with van der Waals surface area (Å²) in [5.41, 5.74) is 1.86. The zero-order valence-electron chi connectivity index (χ0n) is 13.8. The van der Waals surface area contributed by atoms with Crippen LogP contribution in [0.25, 0.3) is 0 Å². The van der Waals surface area contributed by atoms with Crippen LogP contribution < -0.4 is 5.32 Å². The van der Waals surface area contributed by atoms with E-state index in [4.69, 9.17) is 0 Å². The molecule has 25 heavy (non-hydrogen) atoms. The Morgan fingerprint density at radius 3 is 2.88 bits per heavy atom. The van der Waals surface area contributed by atoms with Crippen molar-refractivity contribution in [1.29, 1.82) is 0 Å². The molecule has 0 amide bonds. The monoisotopic (exact) mass is 338 g/mol. The number of carbonyl (C=O) groups is 1. The van der Waals surface area contributed by atoms with Crippen molar-refractivity contribution >= 4 is 11.8 Å². The lowest BCUT2D eigenvalue weighted by Crippen LogP contribution is -2.11. The lowest BCUT2D eigenvalue weighted by atomic mass is 10.1. The fourth-order valence-corrected chi connectivity index (χ4v) is 2.24. The predicted molar refractivity (Wildman–Crippen MR) is 90.6 cm³/mol. The average molecular weight is 338 g/mol. The van der Waals surface area contributed by atoms with E-state index in [1.54, 1.807) is 18.5 Å². The number of ether oxygens (including phenoxy) is 1. The number of hydrogen-bond donors (Lipinski definition) is 1. The molecule has 0 fully saturated rings. The molecule has 1 N–H and O–H groups in total. The Hall–Kier alpha value is -3.29. The van der Waals surface area contributed by atoms with E-state index in [1.807, 2.05) is 30.3 Å². The van der Waals surface area contributed by atoms with Gasteiger partial charge in [0.2, 0.25) is 0 Å². The molecule has 0 saturated carbocycles. The highest BCUT2D eigenvalue weighted by atomic mass is 16.5. The van der Waals surface area contributed by atoms with Gasteiger partial charge >= 0.3 is 5.97 Å². The zero-order valence-corrected chi connectivity index (χ0v) is 13.8. The topological polar surface area (TPSA) is 94.8 Å². The predicted octanol–water partition coefficient (Wildman–Crippen LogP) is 1.44. The van der Waals surface area contributed by atoms with Gasteiger partial charge in [0, 0.05) is 12.6 Å². The summed E-state index contributed by atoms with van der Waals surface area (Å²) in [5.74, 6) is 1.08. The van der Waals surface area contributed by atoms with E-state index in [2.05, 4.69) is 30.3 Å². The third kappa shape index (κ3) is 4.84. The molecule has 0 radical (unpaired) electrons. The van der Waals surface area contributed by atoms with Crippen LogP contribution in [0.4, 0.5) is 5.82 Å². The van der Waals surface area contributed by atoms with Gasteiger partial charge in [-0.05, 0) is 11.6 Å². The van der Waals surface area contributed by atoms with Crippen molar-refractivity contribution in [1.82, 2.24) is 25.0 Å². The summed E-state index contributed by atoms with van der Waals surface area (Å²) < 4.78 is 6.03. The summed E-state index contributed by atoms with van der Waals surface area (Å²) in [5, 5.41) is 11.1. The van der Waals surface area contributed by atoms with Gasteiger partial charge < -0.3 is 10.1 Å². The van der Waals surface area contributed by atoms with Crippen LogP contribution in [0.15, 0.2) is 48.8 Å². The van der Waals surface area contributed by atoms with Crippen molar-refractivity contribution in [2.75, 3.05) is 12.4 Å². The van der Waals surface area contributed by atoms with Gasteiger partial charge in [-0.1, -0.05) is 35.5 Å². The summed E-state index contributed by atoms with van der Waals surface area (Å²) in [6.45, 7) is 0.487. The Balaban J connectivity index is 1.58. The fraction of sp³-hybridized carbons (Fsp3) is 0.235. The largest absolute Gasteiger partial charge is 0.468 e. The molecule has 3 rings (SSSR count). The maximum Gasteiger partial charge on any atom is 0.327 e. The third-order valence-corrected chi connectivity index (χ3v) is 3.47. The van der Waals surface area contributed by atoms with E-state index in [0.29, 0.717) is 24.5 Å². The Kier molecular flexibility index (Phi) is 5.30. The van der Waals surface area contributed by atoms with E-state index in [9.17, 15) is 4.79 Å². The highest BCUT2D eigenvalue weighted by Crippen LogP contribution is 2.09. The van der Waals surface area contributed by atoms with Crippen LogP contribution in [0.2, 0.25) is 0 Å². The maximum atomic E-state index is 11.2. The Bertz CT molecular complexity index is 834. The first-order valence-electron chi connectivity index (χ1n) is 7.78. The number of benzene rings is 1. The number of esters is 1. The minimum atomic E-state index is -0.370. The summed E-state index contributed by atoms with van der Waals surface area (Å²) in [7, 11) is 1.34. The van der Waals surface area contributed by atoms with Gasteiger partial charge in [0.1, 0.15) is 23.9 Å². The van der Waals surface area contributed by atoms with E-state index in [0.717, 1.165) is 11.4 Å². The minimum Gasteiger partial charge on any atom is -0.468 e. The van der Waals surface area contributed by atoms with E-state index in [-0.39, 0.29) is 12.5 Å². The molecule has 1 aromatic carbocycles. The number of carbonyl (C=O) groups excluding carboxylic acids is 1. The van der Waals surface area contributed by atoms with Gasteiger partial charge in [-0.2, -0.15) is 0 Å². The normalized spacial score (nSPS) is 10.4. The number of anilines is 1. The second-order valence-corrected chi connectivity index (χ2v) is 5.36. The molecule has 0 saturated heterocycles. The summed E-state index contributed by atoms with van der Waals surface area (Å²) >= 11 is 0. The third-order valence-electron chi connectivity index (χ3n) is 3.47.